The Hall–Kier alpha value is -1.66. The third kappa shape index (κ3) is 3.18. The third-order valence-electron chi connectivity index (χ3n) is 2.66. The maximum absolute atomic E-state index is 11.8. The largest absolute Gasteiger partial charge is 0.319 e. The van der Waals surface area contributed by atoms with E-state index in [1.807, 2.05) is 0 Å². The summed E-state index contributed by atoms with van der Waals surface area (Å²) in [6.07, 6.45) is 0.417. The minimum Gasteiger partial charge on any atom is -0.319 e. The number of hydrogen-bond acceptors (Lipinski definition) is 4. The van der Waals surface area contributed by atoms with Crippen molar-refractivity contribution in [1.29, 1.82) is 0 Å². The van der Waals surface area contributed by atoms with Crippen LogP contribution in [0, 0.1) is 10.1 Å². The molecule has 1 atom stereocenters. The molecule has 0 bridgehead atoms. The van der Waals surface area contributed by atoms with Gasteiger partial charge in [-0.2, -0.15) is 0 Å². The number of carbonyl (C=O) groups excluding carboxylic acids is 1. The van der Waals surface area contributed by atoms with Gasteiger partial charge in [-0.25, -0.2) is 0 Å². The van der Waals surface area contributed by atoms with Crippen LogP contribution in [0.5, 0.6) is 0 Å². The lowest BCUT2D eigenvalue weighted by molar-refractivity contribution is -0.383. The first-order valence-electron chi connectivity index (χ1n) is 5.32. The Bertz CT molecular complexity index is 488. The summed E-state index contributed by atoms with van der Waals surface area (Å²) >= 11 is 5.67. The SMILES string of the molecule is CCC(C)(N)C(=O)Nc1ccc(Cl)cc1[N+](=O)[O-]. The molecule has 0 heterocycles. The van der Waals surface area contributed by atoms with Gasteiger partial charge in [-0.3, -0.25) is 14.9 Å². The van der Waals surface area contributed by atoms with Gasteiger partial charge >= 0.3 is 0 Å². The second-order valence-electron chi connectivity index (χ2n) is 4.14. The minimum atomic E-state index is -1.08. The first-order chi connectivity index (χ1) is 8.27. The molecule has 1 amide bonds. The molecule has 0 fully saturated rings. The van der Waals surface area contributed by atoms with Gasteiger partial charge in [0.15, 0.2) is 0 Å². The average Bonchev–Trinajstić information content (AvgIpc) is 2.31. The number of amides is 1. The molecule has 0 radical (unpaired) electrons. The molecule has 0 aromatic heterocycles. The van der Waals surface area contributed by atoms with Crippen molar-refractivity contribution in [2.75, 3.05) is 5.32 Å². The summed E-state index contributed by atoms with van der Waals surface area (Å²) in [6.45, 7) is 3.32. The van der Waals surface area contributed by atoms with Gasteiger partial charge in [0.1, 0.15) is 5.69 Å². The van der Waals surface area contributed by atoms with Gasteiger partial charge in [-0.15, -0.1) is 0 Å². The highest BCUT2D eigenvalue weighted by molar-refractivity contribution is 6.31. The molecule has 0 saturated carbocycles. The number of benzene rings is 1. The number of halogens is 1. The number of nitrogens with two attached hydrogens (primary N) is 1. The van der Waals surface area contributed by atoms with Gasteiger partial charge in [-0.05, 0) is 25.5 Å². The Morgan fingerprint density at radius 2 is 2.22 bits per heavy atom. The van der Waals surface area contributed by atoms with E-state index in [-0.39, 0.29) is 16.4 Å². The Labute approximate surface area is 109 Å². The predicted octanol–water partition coefficient (Wildman–Crippen LogP) is 2.31. The van der Waals surface area contributed by atoms with Gasteiger partial charge in [0.2, 0.25) is 5.91 Å². The first kappa shape index (κ1) is 14.4. The zero-order chi connectivity index (χ0) is 13.9. The maximum Gasteiger partial charge on any atom is 0.294 e. The van der Waals surface area contributed by atoms with Crippen LogP contribution in [0.3, 0.4) is 0 Å². The van der Waals surface area contributed by atoms with Crippen LogP contribution in [0.15, 0.2) is 18.2 Å². The van der Waals surface area contributed by atoms with Crippen LogP contribution >= 0.6 is 11.6 Å². The van der Waals surface area contributed by atoms with Gasteiger partial charge in [0, 0.05) is 11.1 Å². The summed E-state index contributed by atoms with van der Waals surface area (Å²) in [4.78, 5) is 22.1. The lowest BCUT2D eigenvalue weighted by Crippen LogP contribution is -2.47. The molecule has 1 rings (SSSR count). The zero-order valence-electron chi connectivity index (χ0n) is 10.1. The standard InChI is InChI=1S/C11H14ClN3O3/c1-3-11(2,13)10(16)14-8-5-4-7(12)6-9(8)15(17)18/h4-6H,3,13H2,1-2H3,(H,14,16). The van der Waals surface area contributed by atoms with E-state index in [2.05, 4.69) is 5.32 Å². The third-order valence-corrected chi connectivity index (χ3v) is 2.89. The molecule has 1 unspecified atom stereocenters. The molecule has 1 aromatic carbocycles. The molecule has 0 aliphatic rings. The van der Waals surface area contributed by atoms with E-state index in [0.29, 0.717) is 6.42 Å². The van der Waals surface area contributed by atoms with E-state index in [4.69, 9.17) is 17.3 Å². The highest BCUT2D eigenvalue weighted by Crippen LogP contribution is 2.28. The van der Waals surface area contributed by atoms with Gasteiger partial charge in [0.25, 0.3) is 5.69 Å². The number of hydrogen-bond donors (Lipinski definition) is 2. The van der Waals surface area contributed by atoms with Crippen molar-refractivity contribution in [3.63, 3.8) is 0 Å². The predicted molar refractivity (Wildman–Crippen MR) is 69.6 cm³/mol. The van der Waals surface area contributed by atoms with Crippen LogP contribution in [-0.2, 0) is 4.79 Å². The van der Waals surface area contributed by atoms with E-state index in [0.717, 1.165) is 0 Å². The number of nitrogens with zero attached hydrogens (tertiary/aromatic N) is 1. The van der Waals surface area contributed by atoms with E-state index in [1.54, 1.807) is 13.8 Å². The molecule has 98 valence electrons. The van der Waals surface area contributed by atoms with Crippen molar-refractivity contribution in [1.82, 2.24) is 0 Å². The summed E-state index contributed by atoms with van der Waals surface area (Å²) in [6, 6.07) is 4.02. The number of carbonyl (C=O) groups is 1. The van der Waals surface area contributed by atoms with Crippen LogP contribution in [0.2, 0.25) is 5.02 Å². The van der Waals surface area contributed by atoms with Crippen molar-refractivity contribution < 1.29 is 9.72 Å². The Morgan fingerprint density at radius 1 is 1.61 bits per heavy atom. The molecule has 7 heteroatoms. The van der Waals surface area contributed by atoms with Crippen molar-refractivity contribution >= 4 is 28.9 Å². The van der Waals surface area contributed by atoms with Gasteiger partial charge in [0.05, 0.1) is 10.5 Å². The van der Waals surface area contributed by atoms with Crippen molar-refractivity contribution in [3.05, 3.63) is 33.3 Å². The monoisotopic (exact) mass is 271 g/mol. The molecule has 3 N–H and O–H groups in total. The van der Waals surface area contributed by atoms with Crippen LogP contribution in [0.25, 0.3) is 0 Å². The lowest BCUT2D eigenvalue weighted by Gasteiger charge is -2.21. The highest BCUT2D eigenvalue weighted by atomic mass is 35.5. The van der Waals surface area contributed by atoms with Crippen molar-refractivity contribution in [3.8, 4) is 0 Å². The minimum absolute atomic E-state index is 0.0829. The van der Waals surface area contributed by atoms with Gasteiger partial charge in [-0.1, -0.05) is 18.5 Å². The molecular weight excluding hydrogens is 258 g/mol. The van der Waals surface area contributed by atoms with Crippen LogP contribution in [-0.4, -0.2) is 16.4 Å². The number of anilines is 1. The summed E-state index contributed by atoms with van der Waals surface area (Å²) in [5.41, 5.74) is 4.50. The van der Waals surface area contributed by atoms with Crippen LogP contribution in [0.4, 0.5) is 11.4 Å². The topological polar surface area (TPSA) is 98.3 Å². The van der Waals surface area contributed by atoms with E-state index >= 15 is 0 Å². The van der Waals surface area contributed by atoms with Crippen molar-refractivity contribution in [2.45, 2.75) is 25.8 Å². The molecule has 0 aliphatic heterocycles. The number of rotatable bonds is 4. The second kappa shape index (κ2) is 5.32. The molecular formula is C11H14ClN3O3. The molecule has 1 aromatic rings. The summed E-state index contributed by atoms with van der Waals surface area (Å²) < 4.78 is 0. The van der Waals surface area contributed by atoms with E-state index in [1.165, 1.54) is 18.2 Å². The van der Waals surface area contributed by atoms with Crippen molar-refractivity contribution in [2.24, 2.45) is 5.73 Å². The summed E-state index contributed by atoms with van der Waals surface area (Å²) in [5, 5.41) is 13.5. The molecule has 0 aliphatic carbocycles. The number of nitrogens with one attached hydrogen (secondary N) is 1. The van der Waals surface area contributed by atoms with Crippen LogP contribution < -0.4 is 11.1 Å². The molecule has 0 spiro atoms. The highest BCUT2D eigenvalue weighted by Gasteiger charge is 2.28. The van der Waals surface area contributed by atoms with E-state index in [9.17, 15) is 14.9 Å². The number of nitro groups is 1. The maximum atomic E-state index is 11.8. The molecule has 18 heavy (non-hydrogen) atoms. The Morgan fingerprint density at radius 3 is 2.72 bits per heavy atom. The molecule has 0 saturated heterocycles. The number of nitro benzene ring substituents is 1. The smallest absolute Gasteiger partial charge is 0.294 e. The van der Waals surface area contributed by atoms with Gasteiger partial charge < -0.3 is 11.1 Å². The Balaban J connectivity index is 3.05. The summed E-state index contributed by atoms with van der Waals surface area (Å²) in [5.74, 6) is -0.476. The quantitative estimate of drug-likeness (QED) is 0.648. The lowest BCUT2D eigenvalue weighted by atomic mass is 9.99. The second-order valence-corrected chi connectivity index (χ2v) is 4.58. The Kier molecular flexibility index (Phi) is 4.26. The van der Waals surface area contributed by atoms with Crippen LogP contribution in [0.1, 0.15) is 20.3 Å². The fraction of sp³-hybridized carbons (Fsp3) is 0.364. The first-order valence-corrected chi connectivity index (χ1v) is 5.70. The van der Waals surface area contributed by atoms with E-state index < -0.39 is 16.4 Å². The fourth-order valence-corrected chi connectivity index (χ4v) is 1.35. The fourth-order valence-electron chi connectivity index (χ4n) is 1.19. The average molecular weight is 272 g/mol. The molecule has 6 nitrogen and oxygen atoms in total. The summed E-state index contributed by atoms with van der Waals surface area (Å²) in [7, 11) is 0. The zero-order valence-corrected chi connectivity index (χ0v) is 10.8. The normalized spacial score (nSPS) is 13.8.